The summed E-state index contributed by atoms with van der Waals surface area (Å²) in [5.41, 5.74) is 0.583. The van der Waals surface area contributed by atoms with Crippen LogP contribution in [0.2, 0.25) is 5.02 Å². The van der Waals surface area contributed by atoms with Gasteiger partial charge in [0.1, 0.15) is 9.96 Å². The van der Waals surface area contributed by atoms with E-state index in [1.807, 2.05) is 0 Å². The van der Waals surface area contributed by atoms with Gasteiger partial charge in [0, 0.05) is 5.02 Å². The smallest absolute Gasteiger partial charge is 0.271 e. The molecule has 0 aliphatic rings. The molecule has 0 unspecified atom stereocenters. The molecule has 1 aromatic heterocycles. The van der Waals surface area contributed by atoms with Crippen LogP contribution in [0.15, 0.2) is 33.9 Å². The first-order valence-electron chi connectivity index (χ1n) is 4.95. The quantitative estimate of drug-likeness (QED) is 0.856. The number of rotatable bonds is 3. The Labute approximate surface area is 114 Å². The largest absolute Gasteiger partial charge is 0.505 e. The van der Waals surface area contributed by atoms with E-state index >= 15 is 0 Å². The molecule has 2 rings (SSSR count). The third-order valence-electron chi connectivity index (χ3n) is 2.27. The lowest BCUT2D eigenvalue weighted by molar-refractivity contribution is 0.473. The maximum absolute atomic E-state index is 12.0. The van der Waals surface area contributed by atoms with Crippen molar-refractivity contribution >= 4 is 38.6 Å². The lowest BCUT2D eigenvalue weighted by Gasteiger charge is -2.10. The molecule has 2 N–H and O–H groups in total. The highest BCUT2D eigenvalue weighted by Crippen LogP contribution is 2.33. The first-order chi connectivity index (χ1) is 8.40. The van der Waals surface area contributed by atoms with E-state index in [-0.39, 0.29) is 15.6 Å². The van der Waals surface area contributed by atoms with Crippen molar-refractivity contribution in [2.24, 2.45) is 0 Å². The second kappa shape index (κ2) is 4.79. The second-order valence-electron chi connectivity index (χ2n) is 3.66. The van der Waals surface area contributed by atoms with Crippen LogP contribution in [0.5, 0.6) is 5.75 Å². The van der Waals surface area contributed by atoms with E-state index < -0.39 is 10.0 Å². The molecule has 0 fully saturated rings. The highest BCUT2D eigenvalue weighted by molar-refractivity contribution is 7.94. The average molecular weight is 304 g/mol. The van der Waals surface area contributed by atoms with Crippen LogP contribution in [0.3, 0.4) is 0 Å². The second-order valence-corrected chi connectivity index (χ2v) is 6.95. The molecule has 2 aromatic rings. The van der Waals surface area contributed by atoms with Gasteiger partial charge in [-0.1, -0.05) is 17.7 Å². The molecule has 0 bridgehead atoms. The highest BCUT2D eigenvalue weighted by atomic mass is 35.5. The summed E-state index contributed by atoms with van der Waals surface area (Å²) in [5.74, 6) is -0.125. The van der Waals surface area contributed by atoms with Crippen molar-refractivity contribution in [3.8, 4) is 5.75 Å². The zero-order valence-corrected chi connectivity index (χ0v) is 11.7. The van der Waals surface area contributed by atoms with Crippen LogP contribution in [0, 0.1) is 6.92 Å². The monoisotopic (exact) mass is 303 g/mol. The van der Waals surface area contributed by atoms with Crippen LogP contribution in [-0.2, 0) is 10.0 Å². The number of hydrogen-bond donors (Lipinski definition) is 2. The lowest BCUT2D eigenvalue weighted by atomic mass is 10.2. The van der Waals surface area contributed by atoms with E-state index in [9.17, 15) is 13.5 Å². The van der Waals surface area contributed by atoms with E-state index in [0.29, 0.717) is 10.6 Å². The Kier molecular flexibility index (Phi) is 3.52. The Bertz CT molecular complexity index is 666. The van der Waals surface area contributed by atoms with Crippen LogP contribution in [0.1, 0.15) is 5.56 Å². The molecule has 0 saturated heterocycles. The van der Waals surface area contributed by atoms with Crippen molar-refractivity contribution in [2.45, 2.75) is 11.1 Å². The van der Waals surface area contributed by atoms with Gasteiger partial charge in [-0.25, -0.2) is 8.42 Å². The van der Waals surface area contributed by atoms with Gasteiger partial charge in [0.15, 0.2) is 0 Å². The fourth-order valence-corrected chi connectivity index (χ4v) is 3.75. The van der Waals surface area contributed by atoms with Gasteiger partial charge in [-0.15, -0.1) is 11.3 Å². The van der Waals surface area contributed by atoms with E-state index in [1.54, 1.807) is 24.4 Å². The maximum atomic E-state index is 12.0. The first-order valence-corrected chi connectivity index (χ1v) is 7.69. The topological polar surface area (TPSA) is 66.4 Å². The van der Waals surface area contributed by atoms with Gasteiger partial charge in [0.05, 0.1) is 5.69 Å². The van der Waals surface area contributed by atoms with Gasteiger partial charge in [0.25, 0.3) is 10.0 Å². The fraction of sp³-hybridized carbons (Fsp3) is 0.0909. The Morgan fingerprint density at radius 2 is 2.11 bits per heavy atom. The summed E-state index contributed by atoms with van der Waals surface area (Å²) in [6.45, 7) is 1.64. The first kappa shape index (κ1) is 13.2. The van der Waals surface area contributed by atoms with Gasteiger partial charge >= 0.3 is 0 Å². The number of benzene rings is 1. The van der Waals surface area contributed by atoms with Crippen molar-refractivity contribution in [3.63, 3.8) is 0 Å². The molecule has 7 heteroatoms. The summed E-state index contributed by atoms with van der Waals surface area (Å²) in [5, 5.41) is 11.8. The summed E-state index contributed by atoms with van der Waals surface area (Å²) >= 11 is 6.93. The van der Waals surface area contributed by atoms with Crippen molar-refractivity contribution in [2.75, 3.05) is 4.72 Å². The van der Waals surface area contributed by atoms with Crippen molar-refractivity contribution < 1.29 is 13.5 Å². The zero-order valence-electron chi connectivity index (χ0n) is 9.34. The number of sulfonamides is 1. The number of thiophene rings is 1. The number of aromatic hydroxyl groups is 1. The molecule has 18 heavy (non-hydrogen) atoms. The molecule has 0 saturated carbocycles. The SMILES string of the molecule is Cc1cc(Cl)cc(NS(=O)(=O)c2cccs2)c1O. The number of phenols is 1. The molecule has 1 heterocycles. The van der Waals surface area contributed by atoms with E-state index in [2.05, 4.69) is 4.72 Å². The summed E-state index contributed by atoms with van der Waals surface area (Å²) in [6.07, 6.45) is 0. The van der Waals surface area contributed by atoms with Crippen molar-refractivity contribution in [3.05, 3.63) is 40.2 Å². The van der Waals surface area contributed by atoms with Gasteiger partial charge in [-0.05, 0) is 36.1 Å². The molecular weight excluding hydrogens is 294 g/mol. The van der Waals surface area contributed by atoms with Gasteiger partial charge in [-0.3, -0.25) is 4.72 Å². The third kappa shape index (κ3) is 2.60. The Hall–Kier alpha value is -1.24. The number of phenolic OH excluding ortho intramolecular Hbond substituents is 1. The zero-order chi connectivity index (χ0) is 13.3. The number of aryl methyl sites for hydroxylation is 1. The van der Waals surface area contributed by atoms with Gasteiger partial charge in [0.2, 0.25) is 0 Å². The van der Waals surface area contributed by atoms with E-state index in [0.717, 1.165) is 11.3 Å². The molecule has 0 atom stereocenters. The van der Waals surface area contributed by atoms with Crippen LogP contribution in [0.25, 0.3) is 0 Å². The maximum Gasteiger partial charge on any atom is 0.271 e. The van der Waals surface area contributed by atoms with Crippen LogP contribution >= 0.6 is 22.9 Å². The number of halogens is 1. The predicted octanol–water partition coefficient (Wildman–Crippen LogP) is 3.22. The Balaban J connectivity index is 2.41. The molecule has 1 aromatic carbocycles. The summed E-state index contributed by atoms with van der Waals surface area (Å²) in [6, 6.07) is 6.05. The van der Waals surface area contributed by atoms with Crippen molar-refractivity contribution in [1.82, 2.24) is 0 Å². The standard InChI is InChI=1S/C11H10ClNO3S2/c1-7-5-8(12)6-9(11(7)14)13-18(15,16)10-3-2-4-17-10/h2-6,13-14H,1H3. The minimum atomic E-state index is -3.68. The average Bonchev–Trinajstić information content (AvgIpc) is 2.78. The molecule has 96 valence electrons. The molecule has 0 aliphatic carbocycles. The van der Waals surface area contributed by atoms with Gasteiger partial charge < -0.3 is 5.11 Å². The van der Waals surface area contributed by atoms with Crippen LogP contribution in [0.4, 0.5) is 5.69 Å². The number of anilines is 1. The molecular formula is C11H10ClNO3S2. The molecule has 0 radical (unpaired) electrons. The van der Waals surface area contributed by atoms with Crippen molar-refractivity contribution in [1.29, 1.82) is 0 Å². The predicted molar refractivity (Wildman–Crippen MR) is 73.0 cm³/mol. The third-order valence-corrected chi connectivity index (χ3v) is 5.25. The van der Waals surface area contributed by atoms with Crippen LogP contribution in [-0.4, -0.2) is 13.5 Å². The molecule has 0 amide bonds. The van der Waals surface area contributed by atoms with E-state index in [1.165, 1.54) is 12.1 Å². The normalized spacial score (nSPS) is 11.4. The summed E-state index contributed by atoms with van der Waals surface area (Å²) in [4.78, 5) is 0. The Morgan fingerprint density at radius 3 is 2.72 bits per heavy atom. The molecule has 0 spiro atoms. The molecule has 0 aliphatic heterocycles. The summed E-state index contributed by atoms with van der Waals surface area (Å²) in [7, 11) is -3.68. The number of hydrogen-bond acceptors (Lipinski definition) is 4. The highest BCUT2D eigenvalue weighted by Gasteiger charge is 2.18. The minimum Gasteiger partial charge on any atom is -0.505 e. The number of nitrogens with one attached hydrogen (secondary N) is 1. The lowest BCUT2D eigenvalue weighted by Crippen LogP contribution is -2.11. The minimum absolute atomic E-state index is 0.0772. The Morgan fingerprint density at radius 1 is 1.39 bits per heavy atom. The fourth-order valence-electron chi connectivity index (χ4n) is 1.42. The summed E-state index contributed by atoms with van der Waals surface area (Å²) < 4.78 is 26.5. The van der Waals surface area contributed by atoms with Crippen LogP contribution < -0.4 is 4.72 Å². The van der Waals surface area contributed by atoms with E-state index in [4.69, 9.17) is 11.6 Å². The molecule has 4 nitrogen and oxygen atoms in total. The van der Waals surface area contributed by atoms with Gasteiger partial charge in [-0.2, -0.15) is 0 Å².